The highest BCUT2D eigenvalue weighted by Crippen LogP contribution is 2.33. The van der Waals surface area contributed by atoms with Gasteiger partial charge in [-0.25, -0.2) is 14.6 Å². The van der Waals surface area contributed by atoms with Gasteiger partial charge in [0.2, 0.25) is 5.91 Å². The molecule has 142 valence electrons. The molecule has 1 aliphatic heterocycles. The van der Waals surface area contributed by atoms with E-state index >= 15 is 0 Å². The summed E-state index contributed by atoms with van der Waals surface area (Å²) in [5.41, 5.74) is 1.46. The summed E-state index contributed by atoms with van der Waals surface area (Å²) in [5.74, 6) is -1.54. The normalized spacial score (nSPS) is 14.3. The standard InChI is InChI=1S/C17H17N3O6S/c1-9(21)18-17-19-12-5-4-10(6-13(12)27-17)20-8-26-7-11(15(22)24-2)14(20)16(23)25-3/h4-6H,7-8H2,1-3H3,(H,18,19,21). The minimum Gasteiger partial charge on any atom is -0.466 e. The highest BCUT2D eigenvalue weighted by molar-refractivity contribution is 7.22. The number of carbonyl (C=O) groups excluding carboxylic acids is 3. The number of ether oxygens (including phenoxy) is 3. The highest BCUT2D eigenvalue weighted by atomic mass is 32.1. The van der Waals surface area contributed by atoms with Gasteiger partial charge in [0.05, 0.1) is 36.6 Å². The molecule has 0 unspecified atom stereocenters. The van der Waals surface area contributed by atoms with Crippen LogP contribution in [0.1, 0.15) is 6.92 Å². The minimum atomic E-state index is -0.665. The van der Waals surface area contributed by atoms with E-state index in [2.05, 4.69) is 10.3 Å². The van der Waals surface area contributed by atoms with Gasteiger partial charge >= 0.3 is 11.9 Å². The molecule has 2 aromatic rings. The number of anilines is 2. The number of esters is 2. The van der Waals surface area contributed by atoms with Crippen LogP contribution in [0, 0.1) is 0 Å². The molecule has 9 nitrogen and oxygen atoms in total. The Labute approximate surface area is 158 Å². The molecule has 1 amide bonds. The maximum Gasteiger partial charge on any atom is 0.355 e. The first-order chi connectivity index (χ1) is 12.9. The van der Waals surface area contributed by atoms with Gasteiger partial charge in [-0.15, -0.1) is 0 Å². The average Bonchev–Trinajstić information content (AvgIpc) is 3.06. The van der Waals surface area contributed by atoms with Crippen molar-refractivity contribution >= 4 is 50.2 Å². The van der Waals surface area contributed by atoms with Gasteiger partial charge in [-0.05, 0) is 18.2 Å². The molecule has 0 fully saturated rings. The third-order valence-electron chi connectivity index (χ3n) is 3.80. The van der Waals surface area contributed by atoms with Crippen LogP contribution >= 0.6 is 11.3 Å². The molecule has 0 radical (unpaired) electrons. The summed E-state index contributed by atoms with van der Waals surface area (Å²) in [7, 11) is 2.47. The van der Waals surface area contributed by atoms with E-state index in [0.717, 1.165) is 4.70 Å². The number of nitrogens with zero attached hydrogens (tertiary/aromatic N) is 2. The third kappa shape index (κ3) is 3.76. The van der Waals surface area contributed by atoms with Gasteiger partial charge < -0.3 is 24.4 Å². The predicted octanol–water partition coefficient (Wildman–Crippen LogP) is 1.65. The molecule has 1 aromatic heterocycles. The third-order valence-corrected chi connectivity index (χ3v) is 4.73. The number of fused-ring (bicyclic) bond motifs is 1. The molecule has 0 spiro atoms. The number of amides is 1. The second-order valence-electron chi connectivity index (χ2n) is 5.57. The first kappa shape index (κ1) is 18.8. The highest BCUT2D eigenvalue weighted by Gasteiger charge is 2.32. The lowest BCUT2D eigenvalue weighted by Crippen LogP contribution is -2.38. The van der Waals surface area contributed by atoms with Gasteiger partial charge in [-0.1, -0.05) is 11.3 Å². The van der Waals surface area contributed by atoms with E-state index in [-0.39, 0.29) is 30.5 Å². The van der Waals surface area contributed by atoms with Gasteiger partial charge in [-0.3, -0.25) is 4.79 Å². The van der Waals surface area contributed by atoms with E-state index in [9.17, 15) is 14.4 Å². The number of rotatable bonds is 4. The summed E-state index contributed by atoms with van der Waals surface area (Å²) < 4.78 is 15.8. The maximum atomic E-state index is 12.3. The van der Waals surface area contributed by atoms with E-state index < -0.39 is 11.9 Å². The molecule has 10 heteroatoms. The zero-order valence-corrected chi connectivity index (χ0v) is 15.7. The topological polar surface area (TPSA) is 107 Å². The lowest BCUT2D eigenvalue weighted by molar-refractivity contribution is -0.140. The van der Waals surface area contributed by atoms with Crippen LogP contribution in [0.15, 0.2) is 29.5 Å². The second kappa shape index (κ2) is 7.72. The monoisotopic (exact) mass is 391 g/mol. The summed E-state index contributed by atoms with van der Waals surface area (Å²) in [4.78, 5) is 41.5. The summed E-state index contributed by atoms with van der Waals surface area (Å²) in [5, 5.41) is 3.12. The molecule has 3 rings (SSSR count). The number of thiazole rings is 1. The summed E-state index contributed by atoms with van der Waals surface area (Å²) >= 11 is 1.30. The van der Waals surface area contributed by atoms with Crippen molar-refractivity contribution in [3.8, 4) is 0 Å². The van der Waals surface area contributed by atoms with Crippen LogP contribution in [0.5, 0.6) is 0 Å². The largest absolute Gasteiger partial charge is 0.466 e. The Balaban J connectivity index is 2.05. The SMILES string of the molecule is COC(=O)C1=C(C(=O)OC)N(c2ccc3nc(NC(C)=O)sc3c2)COC1. The Kier molecular flexibility index (Phi) is 5.38. The van der Waals surface area contributed by atoms with Crippen LogP contribution in [-0.4, -0.2) is 50.4 Å². The second-order valence-corrected chi connectivity index (χ2v) is 6.60. The van der Waals surface area contributed by atoms with Gasteiger partial charge in [0, 0.05) is 12.6 Å². The first-order valence-corrected chi connectivity index (χ1v) is 8.69. The van der Waals surface area contributed by atoms with Crippen molar-refractivity contribution < 1.29 is 28.6 Å². The van der Waals surface area contributed by atoms with Gasteiger partial charge in [-0.2, -0.15) is 0 Å². The van der Waals surface area contributed by atoms with Crippen molar-refractivity contribution in [3.05, 3.63) is 29.5 Å². The smallest absolute Gasteiger partial charge is 0.355 e. The van der Waals surface area contributed by atoms with Crippen LogP contribution in [0.25, 0.3) is 10.2 Å². The van der Waals surface area contributed by atoms with Crippen LogP contribution < -0.4 is 10.2 Å². The van der Waals surface area contributed by atoms with E-state index in [0.29, 0.717) is 16.3 Å². The van der Waals surface area contributed by atoms with Crippen molar-refractivity contribution in [1.82, 2.24) is 4.98 Å². The fraction of sp³-hybridized carbons (Fsp3) is 0.294. The van der Waals surface area contributed by atoms with Crippen molar-refractivity contribution in [1.29, 1.82) is 0 Å². The Morgan fingerprint density at radius 2 is 1.96 bits per heavy atom. The Hall–Kier alpha value is -2.98. The molecule has 2 heterocycles. The Bertz CT molecular complexity index is 951. The van der Waals surface area contributed by atoms with Crippen LogP contribution in [0.3, 0.4) is 0 Å². The van der Waals surface area contributed by atoms with Crippen molar-refractivity contribution in [2.24, 2.45) is 0 Å². The molecular formula is C17H17N3O6S. The number of aromatic nitrogens is 1. The van der Waals surface area contributed by atoms with E-state index in [4.69, 9.17) is 14.2 Å². The van der Waals surface area contributed by atoms with Crippen molar-refractivity contribution in [2.45, 2.75) is 6.92 Å². The lowest BCUT2D eigenvalue weighted by Gasteiger charge is -2.31. The molecule has 1 aliphatic rings. The van der Waals surface area contributed by atoms with E-state index in [1.807, 2.05) is 0 Å². The predicted molar refractivity (Wildman–Crippen MR) is 98.3 cm³/mol. The number of carbonyl (C=O) groups is 3. The summed E-state index contributed by atoms with van der Waals surface area (Å²) in [6.45, 7) is 1.42. The van der Waals surface area contributed by atoms with E-state index in [1.165, 1.54) is 32.5 Å². The zero-order valence-electron chi connectivity index (χ0n) is 14.9. The number of methoxy groups -OCH3 is 2. The number of benzene rings is 1. The molecule has 27 heavy (non-hydrogen) atoms. The van der Waals surface area contributed by atoms with Crippen molar-refractivity contribution in [2.75, 3.05) is 37.8 Å². The van der Waals surface area contributed by atoms with Crippen molar-refractivity contribution in [3.63, 3.8) is 0 Å². The van der Waals surface area contributed by atoms with Gasteiger partial charge in [0.25, 0.3) is 0 Å². The number of hydrogen-bond donors (Lipinski definition) is 1. The fourth-order valence-electron chi connectivity index (χ4n) is 2.63. The summed E-state index contributed by atoms with van der Waals surface area (Å²) in [6, 6.07) is 5.30. The molecule has 1 N–H and O–H groups in total. The molecule has 0 atom stereocenters. The van der Waals surface area contributed by atoms with Crippen LogP contribution in [0.2, 0.25) is 0 Å². The molecule has 0 saturated heterocycles. The van der Waals surface area contributed by atoms with E-state index in [1.54, 1.807) is 23.1 Å². The average molecular weight is 391 g/mol. The molecular weight excluding hydrogens is 374 g/mol. The summed E-state index contributed by atoms with van der Waals surface area (Å²) in [6.07, 6.45) is 0. The molecule has 0 aliphatic carbocycles. The van der Waals surface area contributed by atoms with Crippen LogP contribution in [0.4, 0.5) is 10.8 Å². The number of hydrogen-bond acceptors (Lipinski definition) is 9. The maximum absolute atomic E-state index is 12.3. The van der Waals surface area contributed by atoms with Gasteiger partial charge in [0.1, 0.15) is 12.4 Å². The first-order valence-electron chi connectivity index (χ1n) is 7.87. The Morgan fingerprint density at radius 3 is 2.63 bits per heavy atom. The molecule has 1 aromatic carbocycles. The van der Waals surface area contributed by atoms with Gasteiger partial charge in [0.15, 0.2) is 5.13 Å². The number of nitrogens with one attached hydrogen (secondary N) is 1. The fourth-order valence-corrected chi connectivity index (χ4v) is 3.58. The quantitative estimate of drug-likeness (QED) is 0.784. The Morgan fingerprint density at radius 1 is 1.22 bits per heavy atom. The molecule has 0 bridgehead atoms. The molecule has 0 saturated carbocycles. The lowest BCUT2D eigenvalue weighted by atomic mass is 10.1. The zero-order chi connectivity index (χ0) is 19.6. The minimum absolute atomic E-state index is 0.0525. The van der Waals surface area contributed by atoms with Crippen LogP contribution in [-0.2, 0) is 28.6 Å².